The zero-order valence-corrected chi connectivity index (χ0v) is 27.7. The molecule has 0 bridgehead atoms. The second-order valence-corrected chi connectivity index (χ2v) is 16.8. The van der Waals surface area contributed by atoms with Crippen molar-refractivity contribution in [3.05, 3.63) is 151 Å². The van der Waals surface area contributed by atoms with Crippen LogP contribution in [-0.4, -0.2) is 35.8 Å². The van der Waals surface area contributed by atoms with Gasteiger partial charge in [-0.3, -0.25) is 0 Å². The number of benzene rings is 5. The van der Waals surface area contributed by atoms with Crippen molar-refractivity contribution in [3.63, 3.8) is 0 Å². The van der Waals surface area contributed by atoms with E-state index in [4.69, 9.17) is 0 Å². The summed E-state index contributed by atoms with van der Waals surface area (Å²) in [4.78, 5) is 2.35. The minimum absolute atomic E-state index is 0.128. The van der Waals surface area contributed by atoms with Crippen LogP contribution in [0.3, 0.4) is 0 Å². The molecule has 1 saturated carbocycles. The molecule has 6 rings (SSSR count). The van der Waals surface area contributed by atoms with Gasteiger partial charge in [0.15, 0.2) is 0 Å². The summed E-state index contributed by atoms with van der Waals surface area (Å²) < 4.78 is 0. The van der Waals surface area contributed by atoms with Crippen molar-refractivity contribution in [2.45, 2.75) is 37.6 Å². The van der Waals surface area contributed by atoms with Crippen molar-refractivity contribution in [2.24, 2.45) is 11.8 Å². The number of nitrogens with zero attached hydrogens (tertiary/aromatic N) is 1. The second-order valence-electron chi connectivity index (χ2n) is 12.1. The smallest absolute Gasteiger partial charge is 0.0834 e. The molecular formula is C40H43NOP2. The average molecular weight is 616 g/mol. The van der Waals surface area contributed by atoms with Crippen LogP contribution in [0.1, 0.15) is 31.4 Å². The van der Waals surface area contributed by atoms with Crippen molar-refractivity contribution in [2.75, 3.05) is 14.1 Å². The third-order valence-corrected chi connectivity index (χ3v) is 15.0. The summed E-state index contributed by atoms with van der Waals surface area (Å²) >= 11 is 0. The van der Waals surface area contributed by atoms with E-state index in [1.54, 1.807) is 0 Å². The van der Waals surface area contributed by atoms with E-state index in [2.05, 4.69) is 172 Å². The zero-order valence-electron chi connectivity index (χ0n) is 25.9. The maximum atomic E-state index is 12.9. The predicted octanol–water partition coefficient (Wildman–Crippen LogP) is 6.96. The molecule has 0 radical (unpaired) electrons. The summed E-state index contributed by atoms with van der Waals surface area (Å²) in [5.74, 6) is 0.513. The van der Waals surface area contributed by atoms with Crippen LogP contribution in [0.15, 0.2) is 146 Å². The summed E-state index contributed by atoms with van der Waals surface area (Å²) in [6, 6.07) is 53.0. The van der Waals surface area contributed by atoms with Gasteiger partial charge < -0.3 is 10.0 Å². The molecule has 1 aliphatic carbocycles. The molecule has 1 fully saturated rings. The quantitative estimate of drug-likeness (QED) is 0.172. The summed E-state index contributed by atoms with van der Waals surface area (Å²) in [6.07, 6.45) is 1.67. The molecule has 5 aromatic rings. The number of aliphatic hydroxyl groups is 1. The van der Waals surface area contributed by atoms with Gasteiger partial charge in [-0.1, -0.05) is 146 Å². The third-order valence-electron chi connectivity index (χ3n) is 9.46. The van der Waals surface area contributed by atoms with E-state index in [-0.39, 0.29) is 5.92 Å². The maximum absolute atomic E-state index is 12.9. The van der Waals surface area contributed by atoms with Gasteiger partial charge in [-0.2, -0.15) is 0 Å². The molecule has 2 nitrogen and oxygen atoms in total. The van der Waals surface area contributed by atoms with Gasteiger partial charge in [0.2, 0.25) is 0 Å². The van der Waals surface area contributed by atoms with Crippen LogP contribution in [0.25, 0.3) is 0 Å². The average Bonchev–Trinajstić information content (AvgIpc) is 3.51. The van der Waals surface area contributed by atoms with Crippen molar-refractivity contribution >= 4 is 42.4 Å². The van der Waals surface area contributed by atoms with Crippen molar-refractivity contribution < 1.29 is 5.11 Å². The van der Waals surface area contributed by atoms with Gasteiger partial charge in [0, 0.05) is 12.0 Å². The Bertz CT molecular complexity index is 1520. The lowest BCUT2D eigenvalue weighted by Gasteiger charge is -2.39. The Morgan fingerprint density at radius 1 is 0.591 bits per heavy atom. The fraction of sp³-hybridized carbons (Fsp3) is 0.250. The molecule has 1 unspecified atom stereocenters. The number of hydrogen-bond donors (Lipinski definition) is 1. The van der Waals surface area contributed by atoms with E-state index in [0.717, 1.165) is 18.4 Å². The van der Waals surface area contributed by atoms with E-state index in [0.29, 0.717) is 17.6 Å². The molecule has 224 valence electrons. The Balaban J connectivity index is 1.49. The van der Waals surface area contributed by atoms with E-state index in [1.165, 1.54) is 26.5 Å². The van der Waals surface area contributed by atoms with Crippen LogP contribution in [0.4, 0.5) is 0 Å². The molecule has 0 aromatic heterocycles. The highest BCUT2D eigenvalue weighted by Crippen LogP contribution is 2.57. The maximum Gasteiger partial charge on any atom is 0.0834 e. The number of rotatable bonds is 10. The fourth-order valence-corrected chi connectivity index (χ4v) is 12.8. The lowest BCUT2D eigenvalue weighted by atomic mass is 9.82. The van der Waals surface area contributed by atoms with Crippen LogP contribution in [0.5, 0.6) is 0 Å². The number of hydrogen-bond acceptors (Lipinski definition) is 2. The molecule has 5 atom stereocenters. The third kappa shape index (κ3) is 6.47. The van der Waals surface area contributed by atoms with Crippen LogP contribution in [-0.2, 0) is 0 Å². The molecule has 0 amide bonds. The first-order valence-electron chi connectivity index (χ1n) is 15.8. The summed E-state index contributed by atoms with van der Waals surface area (Å²) in [5.41, 5.74) is 1.46. The molecular weight excluding hydrogens is 572 g/mol. The molecule has 1 aliphatic rings. The molecule has 0 heterocycles. The Kier molecular flexibility index (Phi) is 10.1. The summed E-state index contributed by atoms with van der Waals surface area (Å²) in [5, 5.41) is 19.5. The molecule has 1 N–H and O–H groups in total. The van der Waals surface area contributed by atoms with Crippen LogP contribution in [0, 0.1) is 11.8 Å². The number of aliphatic hydroxyl groups excluding tert-OH is 1. The minimum atomic E-state index is -0.838. The van der Waals surface area contributed by atoms with Gasteiger partial charge in [-0.05, 0) is 93.4 Å². The van der Waals surface area contributed by atoms with E-state index >= 15 is 0 Å². The fourth-order valence-electron chi connectivity index (χ4n) is 7.16. The highest BCUT2D eigenvalue weighted by atomic mass is 31.1. The summed E-state index contributed by atoms with van der Waals surface area (Å²) in [7, 11) is 2.87. The van der Waals surface area contributed by atoms with Crippen molar-refractivity contribution in [1.29, 1.82) is 0 Å². The molecule has 0 spiro atoms. The van der Waals surface area contributed by atoms with Crippen molar-refractivity contribution in [1.82, 2.24) is 4.90 Å². The topological polar surface area (TPSA) is 23.5 Å². The van der Waals surface area contributed by atoms with E-state index in [9.17, 15) is 5.11 Å². The van der Waals surface area contributed by atoms with Gasteiger partial charge in [0.1, 0.15) is 0 Å². The standard InChI is InChI=1S/C40H43NOP2/c1-30(41(2)3)35-28-29-38(44(33-22-12-6-13-23-33)34-24-14-7-15-25-34)39(35)40(42)36-26-16-17-27-37(36)43(31-18-8-4-9-19-31)32-20-10-5-11-21-32/h4-27,30,35,38-40,42H,28-29H2,1-3H3/t30-,35?,38+,39-,40+/m1/s1. The van der Waals surface area contributed by atoms with Gasteiger partial charge in [-0.15, -0.1) is 0 Å². The Morgan fingerprint density at radius 3 is 1.50 bits per heavy atom. The lowest BCUT2D eigenvalue weighted by molar-refractivity contribution is 0.0616. The van der Waals surface area contributed by atoms with Crippen LogP contribution < -0.4 is 26.5 Å². The van der Waals surface area contributed by atoms with Crippen LogP contribution >= 0.6 is 15.8 Å². The molecule has 4 heteroatoms. The highest BCUT2D eigenvalue weighted by molar-refractivity contribution is 7.80. The van der Waals surface area contributed by atoms with E-state index in [1.807, 2.05) is 0 Å². The summed E-state index contributed by atoms with van der Waals surface area (Å²) in [6.45, 7) is 2.35. The Morgan fingerprint density at radius 2 is 1.02 bits per heavy atom. The monoisotopic (exact) mass is 615 g/mol. The highest BCUT2D eigenvalue weighted by Gasteiger charge is 2.48. The Hall–Kier alpha value is -3.12. The lowest BCUT2D eigenvalue weighted by Crippen LogP contribution is -2.40. The van der Waals surface area contributed by atoms with Gasteiger partial charge in [-0.25, -0.2) is 0 Å². The van der Waals surface area contributed by atoms with Gasteiger partial charge in [0.05, 0.1) is 6.10 Å². The van der Waals surface area contributed by atoms with Gasteiger partial charge >= 0.3 is 0 Å². The normalized spacial score (nSPS) is 19.8. The van der Waals surface area contributed by atoms with Gasteiger partial charge in [0.25, 0.3) is 0 Å². The van der Waals surface area contributed by atoms with Crippen molar-refractivity contribution in [3.8, 4) is 0 Å². The molecule has 5 aromatic carbocycles. The molecule has 0 saturated heterocycles. The zero-order chi connectivity index (χ0) is 30.5. The van der Waals surface area contributed by atoms with Crippen LogP contribution in [0.2, 0.25) is 0 Å². The first-order chi connectivity index (χ1) is 21.5. The SMILES string of the molecule is C[C@H](C1CC[C@H](P(c2ccccc2)c2ccccc2)[C@@H]1[C@@H](O)c1ccccc1P(c1ccccc1)c1ccccc1)N(C)C. The molecule has 44 heavy (non-hydrogen) atoms. The predicted molar refractivity (Wildman–Crippen MR) is 192 cm³/mol. The Labute approximate surface area is 266 Å². The first-order valence-corrected chi connectivity index (χ1v) is 18.5. The first kappa shape index (κ1) is 30.9. The largest absolute Gasteiger partial charge is 0.388 e. The second kappa shape index (κ2) is 14.3. The molecule has 0 aliphatic heterocycles. The van der Waals surface area contributed by atoms with E-state index < -0.39 is 21.9 Å². The minimum Gasteiger partial charge on any atom is -0.388 e.